The van der Waals surface area contributed by atoms with Gasteiger partial charge in [0.05, 0.1) is 24.8 Å². The molecule has 1 N–H and O–H groups in total. The summed E-state index contributed by atoms with van der Waals surface area (Å²) in [7, 11) is -3.63. The van der Waals surface area contributed by atoms with E-state index in [9.17, 15) is 13.2 Å². The third-order valence-electron chi connectivity index (χ3n) is 4.38. The van der Waals surface area contributed by atoms with Crippen molar-refractivity contribution in [2.24, 2.45) is 5.10 Å². The van der Waals surface area contributed by atoms with E-state index in [0.29, 0.717) is 18.7 Å². The van der Waals surface area contributed by atoms with Gasteiger partial charge < -0.3 is 4.74 Å². The number of hydrazone groups is 1. The monoisotopic (exact) mass is 431 g/mol. The molecule has 0 bridgehead atoms. The standard InChI is InChI=1S/C22H29N3O4S/c1-4-6-15-29-20-13-11-18(12-14-20)16-23-24-22(26)17-25(30(3,27)28)21-10-8-7-9-19(21)5-2/h7-14,16H,4-6,15,17H2,1-3H3,(H,24,26)/b23-16-. The summed E-state index contributed by atoms with van der Waals surface area (Å²) in [4.78, 5) is 12.3. The topological polar surface area (TPSA) is 88.1 Å². The van der Waals surface area contributed by atoms with Crippen molar-refractivity contribution in [3.05, 3.63) is 59.7 Å². The third kappa shape index (κ3) is 7.18. The highest BCUT2D eigenvalue weighted by Gasteiger charge is 2.22. The second kappa shape index (κ2) is 11.3. The number of hydrogen-bond donors (Lipinski definition) is 1. The number of carbonyl (C=O) groups is 1. The lowest BCUT2D eigenvalue weighted by molar-refractivity contribution is -0.119. The maximum Gasteiger partial charge on any atom is 0.260 e. The Morgan fingerprint density at radius 1 is 1.13 bits per heavy atom. The minimum Gasteiger partial charge on any atom is -0.494 e. The highest BCUT2D eigenvalue weighted by molar-refractivity contribution is 7.92. The molecule has 162 valence electrons. The Morgan fingerprint density at radius 2 is 1.83 bits per heavy atom. The van der Waals surface area contributed by atoms with Crippen LogP contribution in [0, 0.1) is 0 Å². The van der Waals surface area contributed by atoms with Gasteiger partial charge in [-0.05, 0) is 54.3 Å². The highest BCUT2D eigenvalue weighted by Crippen LogP contribution is 2.23. The molecule has 0 aliphatic heterocycles. The average Bonchev–Trinajstić information content (AvgIpc) is 2.72. The first-order valence-electron chi connectivity index (χ1n) is 9.95. The van der Waals surface area contributed by atoms with E-state index in [2.05, 4.69) is 17.5 Å². The number of ether oxygens (including phenoxy) is 1. The first-order valence-corrected chi connectivity index (χ1v) is 11.8. The van der Waals surface area contributed by atoms with Crippen molar-refractivity contribution in [3.8, 4) is 5.75 Å². The number of nitrogens with one attached hydrogen (secondary N) is 1. The molecule has 0 spiro atoms. The minimum absolute atomic E-state index is 0.350. The zero-order valence-electron chi connectivity index (χ0n) is 17.7. The third-order valence-corrected chi connectivity index (χ3v) is 5.50. The van der Waals surface area contributed by atoms with Crippen LogP contribution in [-0.2, 0) is 21.2 Å². The molecule has 0 fully saturated rings. The number of amides is 1. The molecular weight excluding hydrogens is 402 g/mol. The zero-order valence-corrected chi connectivity index (χ0v) is 18.5. The predicted octanol–water partition coefficient (Wildman–Crippen LogP) is 3.34. The smallest absolute Gasteiger partial charge is 0.260 e. The van der Waals surface area contributed by atoms with Gasteiger partial charge in [-0.25, -0.2) is 13.8 Å². The van der Waals surface area contributed by atoms with Crippen LogP contribution in [0.5, 0.6) is 5.75 Å². The Balaban J connectivity index is 1.99. The van der Waals surface area contributed by atoms with Gasteiger partial charge in [-0.15, -0.1) is 0 Å². The van der Waals surface area contributed by atoms with E-state index in [-0.39, 0.29) is 6.54 Å². The molecule has 0 unspecified atom stereocenters. The molecular formula is C22H29N3O4S. The summed E-state index contributed by atoms with van der Waals surface area (Å²) < 4.78 is 31.2. The lowest BCUT2D eigenvalue weighted by Crippen LogP contribution is -2.39. The van der Waals surface area contributed by atoms with Crippen LogP contribution < -0.4 is 14.5 Å². The first-order chi connectivity index (χ1) is 14.3. The summed E-state index contributed by atoms with van der Waals surface area (Å²) in [5.74, 6) is 0.255. The van der Waals surface area contributed by atoms with Gasteiger partial charge in [0, 0.05) is 0 Å². The summed E-state index contributed by atoms with van der Waals surface area (Å²) >= 11 is 0. The van der Waals surface area contributed by atoms with E-state index in [1.54, 1.807) is 12.1 Å². The number of para-hydroxylation sites is 1. The zero-order chi connectivity index (χ0) is 22.0. The molecule has 1 amide bonds. The van der Waals surface area contributed by atoms with E-state index in [1.165, 1.54) is 6.21 Å². The van der Waals surface area contributed by atoms with E-state index < -0.39 is 15.9 Å². The number of nitrogens with zero attached hydrogens (tertiary/aromatic N) is 2. The second-order valence-corrected chi connectivity index (χ2v) is 8.72. The summed E-state index contributed by atoms with van der Waals surface area (Å²) in [5, 5.41) is 3.93. The Bertz CT molecular complexity index is 957. The quantitative estimate of drug-likeness (QED) is 0.336. The van der Waals surface area contributed by atoms with Gasteiger partial charge >= 0.3 is 0 Å². The SMILES string of the molecule is CCCCOc1ccc(/C=N\NC(=O)CN(c2ccccc2CC)S(C)(=O)=O)cc1. The van der Waals surface area contributed by atoms with Crippen molar-refractivity contribution in [1.82, 2.24) is 5.43 Å². The minimum atomic E-state index is -3.63. The van der Waals surface area contributed by atoms with Crippen LogP contribution in [0.3, 0.4) is 0 Å². The van der Waals surface area contributed by atoms with Crippen LogP contribution >= 0.6 is 0 Å². The molecule has 0 radical (unpaired) electrons. The van der Waals surface area contributed by atoms with Gasteiger partial charge in [-0.1, -0.05) is 38.5 Å². The Labute approximate surface area is 178 Å². The predicted molar refractivity (Wildman–Crippen MR) is 121 cm³/mol. The van der Waals surface area contributed by atoms with Gasteiger partial charge in [0.2, 0.25) is 10.0 Å². The van der Waals surface area contributed by atoms with E-state index in [4.69, 9.17) is 4.74 Å². The summed E-state index contributed by atoms with van der Waals surface area (Å²) in [6.07, 6.45) is 5.31. The van der Waals surface area contributed by atoms with Gasteiger partial charge in [0.1, 0.15) is 12.3 Å². The van der Waals surface area contributed by atoms with Crippen LogP contribution in [0.1, 0.15) is 37.8 Å². The molecule has 0 saturated heterocycles. The number of rotatable bonds is 11. The number of sulfonamides is 1. The Kier molecular flexibility index (Phi) is 8.86. The number of carbonyl (C=O) groups excluding carboxylic acids is 1. The number of benzene rings is 2. The van der Waals surface area contributed by atoms with Crippen LogP contribution in [0.15, 0.2) is 53.6 Å². The average molecular weight is 432 g/mol. The van der Waals surface area contributed by atoms with Crippen LogP contribution in [0.2, 0.25) is 0 Å². The molecule has 0 aliphatic carbocycles. The van der Waals surface area contributed by atoms with Crippen LogP contribution in [0.25, 0.3) is 0 Å². The molecule has 0 atom stereocenters. The van der Waals surface area contributed by atoms with E-state index in [1.807, 2.05) is 43.3 Å². The maximum atomic E-state index is 12.3. The van der Waals surface area contributed by atoms with Crippen molar-refractivity contribution in [2.45, 2.75) is 33.1 Å². The molecule has 0 aliphatic rings. The number of unbranched alkanes of at least 4 members (excludes halogenated alkanes) is 1. The number of aryl methyl sites for hydroxylation is 1. The van der Waals surface area contributed by atoms with Crippen molar-refractivity contribution in [2.75, 3.05) is 23.7 Å². The molecule has 7 nitrogen and oxygen atoms in total. The van der Waals surface area contributed by atoms with Crippen LogP contribution in [0.4, 0.5) is 5.69 Å². The maximum absolute atomic E-state index is 12.3. The highest BCUT2D eigenvalue weighted by atomic mass is 32.2. The molecule has 2 aromatic rings. The Morgan fingerprint density at radius 3 is 2.47 bits per heavy atom. The molecule has 0 saturated carbocycles. The van der Waals surface area contributed by atoms with Gasteiger partial charge in [-0.3, -0.25) is 9.10 Å². The van der Waals surface area contributed by atoms with Crippen LogP contribution in [-0.4, -0.2) is 39.9 Å². The van der Waals surface area contributed by atoms with Gasteiger partial charge in [-0.2, -0.15) is 5.10 Å². The first kappa shape index (κ1) is 23.4. The fourth-order valence-electron chi connectivity index (χ4n) is 2.76. The molecule has 2 rings (SSSR count). The van der Waals surface area contributed by atoms with Gasteiger partial charge in [0.25, 0.3) is 5.91 Å². The lowest BCUT2D eigenvalue weighted by Gasteiger charge is -2.23. The largest absolute Gasteiger partial charge is 0.494 e. The fourth-order valence-corrected chi connectivity index (χ4v) is 3.65. The van der Waals surface area contributed by atoms with E-state index >= 15 is 0 Å². The lowest BCUT2D eigenvalue weighted by atomic mass is 10.1. The van der Waals surface area contributed by atoms with Crippen molar-refractivity contribution in [3.63, 3.8) is 0 Å². The van der Waals surface area contributed by atoms with E-state index in [0.717, 1.165) is 40.3 Å². The number of anilines is 1. The second-order valence-electron chi connectivity index (χ2n) is 6.82. The summed E-state index contributed by atoms with van der Waals surface area (Å²) in [6, 6.07) is 14.5. The van der Waals surface area contributed by atoms with Crippen molar-refractivity contribution >= 4 is 27.8 Å². The summed E-state index contributed by atoms with van der Waals surface area (Å²) in [5.41, 5.74) is 4.53. The molecule has 2 aromatic carbocycles. The molecule has 30 heavy (non-hydrogen) atoms. The molecule has 8 heteroatoms. The normalized spacial score (nSPS) is 11.4. The van der Waals surface area contributed by atoms with Gasteiger partial charge in [0.15, 0.2) is 0 Å². The molecule has 0 aromatic heterocycles. The van der Waals surface area contributed by atoms with Crippen molar-refractivity contribution < 1.29 is 17.9 Å². The fraction of sp³-hybridized carbons (Fsp3) is 0.364. The Hall–Kier alpha value is -2.87. The summed E-state index contributed by atoms with van der Waals surface area (Å²) in [6.45, 7) is 4.37. The number of hydrogen-bond acceptors (Lipinski definition) is 5. The molecule has 0 heterocycles. The van der Waals surface area contributed by atoms with Crippen molar-refractivity contribution in [1.29, 1.82) is 0 Å².